The van der Waals surface area contributed by atoms with E-state index < -0.39 is 0 Å². The first kappa shape index (κ1) is 11.4. The summed E-state index contributed by atoms with van der Waals surface area (Å²) in [5.74, 6) is 0.935. The average molecular weight is 221 g/mol. The molecule has 0 saturated heterocycles. The van der Waals surface area contributed by atoms with Crippen molar-refractivity contribution in [2.75, 3.05) is 0 Å². The molecular weight excluding hydrogens is 202 g/mol. The number of hydrogen-bond acceptors (Lipinski definition) is 2. The molecule has 0 aromatic carbocycles. The number of nitrogens with zero attached hydrogens (tertiary/aromatic N) is 1. The minimum Gasteiger partial charge on any atom is -0.272 e. The van der Waals surface area contributed by atoms with Crippen LogP contribution in [0.2, 0.25) is 0 Å². The highest BCUT2D eigenvalue weighted by molar-refractivity contribution is 6.13. The van der Waals surface area contributed by atoms with Crippen LogP contribution in [0.5, 0.6) is 0 Å². The topological polar surface area (TPSA) is 37.4 Å². The van der Waals surface area contributed by atoms with Gasteiger partial charge in [-0.1, -0.05) is 26.7 Å². The van der Waals surface area contributed by atoms with Crippen molar-refractivity contribution in [1.82, 2.24) is 4.90 Å². The Morgan fingerprint density at radius 3 is 2.25 bits per heavy atom. The van der Waals surface area contributed by atoms with Crippen LogP contribution < -0.4 is 0 Å². The van der Waals surface area contributed by atoms with E-state index in [-0.39, 0.29) is 17.9 Å². The van der Waals surface area contributed by atoms with Gasteiger partial charge in [0, 0.05) is 18.2 Å². The van der Waals surface area contributed by atoms with Crippen molar-refractivity contribution in [3.63, 3.8) is 0 Å². The lowest BCUT2D eigenvalue weighted by atomic mass is 9.89. The van der Waals surface area contributed by atoms with E-state index >= 15 is 0 Å². The molecule has 1 heterocycles. The van der Waals surface area contributed by atoms with Crippen molar-refractivity contribution in [2.24, 2.45) is 11.8 Å². The van der Waals surface area contributed by atoms with Crippen LogP contribution in [0.25, 0.3) is 0 Å². The van der Waals surface area contributed by atoms with Crippen LogP contribution in [0.1, 0.15) is 39.5 Å². The SMILES string of the molecule is CC[C@H]1CC[C@H](N2C(=O)C=CC2=O)[C@@H]1CC. The smallest absolute Gasteiger partial charge is 0.253 e. The van der Waals surface area contributed by atoms with E-state index in [9.17, 15) is 9.59 Å². The molecule has 3 heteroatoms. The van der Waals surface area contributed by atoms with E-state index in [0.717, 1.165) is 25.7 Å². The van der Waals surface area contributed by atoms with Crippen LogP contribution in [0.15, 0.2) is 12.2 Å². The lowest BCUT2D eigenvalue weighted by Crippen LogP contribution is -2.42. The van der Waals surface area contributed by atoms with Crippen molar-refractivity contribution < 1.29 is 9.59 Å². The Bertz CT molecular complexity index is 317. The highest BCUT2D eigenvalue weighted by Crippen LogP contribution is 2.40. The molecule has 88 valence electrons. The second-order valence-corrected chi connectivity index (χ2v) is 4.76. The highest BCUT2D eigenvalue weighted by atomic mass is 16.2. The first-order valence-corrected chi connectivity index (χ1v) is 6.24. The molecule has 1 aliphatic carbocycles. The first-order chi connectivity index (χ1) is 7.69. The number of rotatable bonds is 3. The van der Waals surface area contributed by atoms with Gasteiger partial charge >= 0.3 is 0 Å². The monoisotopic (exact) mass is 221 g/mol. The number of carbonyl (C=O) groups excluding carboxylic acids is 2. The third-order valence-corrected chi connectivity index (χ3v) is 4.10. The molecule has 1 fully saturated rings. The summed E-state index contributed by atoms with van der Waals surface area (Å²) in [5.41, 5.74) is 0. The summed E-state index contributed by atoms with van der Waals surface area (Å²) in [7, 11) is 0. The van der Waals surface area contributed by atoms with Gasteiger partial charge in [-0.25, -0.2) is 0 Å². The third-order valence-electron chi connectivity index (χ3n) is 4.10. The standard InChI is InChI=1S/C13H19NO2/c1-3-9-5-6-11(10(9)4-2)14-12(15)7-8-13(14)16/h7-11H,3-6H2,1-2H3/t9-,10+,11-/m0/s1. The number of carbonyl (C=O) groups is 2. The molecule has 0 radical (unpaired) electrons. The summed E-state index contributed by atoms with van der Waals surface area (Å²) in [4.78, 5) is 24.8. The Kier molecular flexibility index (Phi) is 3.13. The molecule has 1 saturated carbocycles. The summed E-state index contributed by atoms with van der Waals surface area (Å²) in [6.07, 6.45) is 7.13. The van der Waals surface area contributed by atoms with E-state index in [2.05, 4.69) is 13.8 Å². The molecule has 3 nitrogen and oxygen atoms in total. The molecule has 0 spiro atoms. The molecule has 2 amide bonds. The predicted molar refractivity (Wildman–Crippen MR) is 61.6 cm³/mol. The van der Waals surface area contributed by atoms with Crippen LogP contribution in [0.4, 0.5) is 0 Å². The summed E-state index contributed by atoms with van der Waals surface area (Å²) in [6, 6.07) is 0.143. The van der Waals surface area contributed by atoms with Gasteiger partial charge in [-0.05, 0) is 24.7 Å². The van der Waals surface area contributed by atoms with Gasteiger partial charge in [-0.15, -0.1) is 0 Å². The Labute approximate surface area is 96.5 Å². The van der Waals surface area contributed by atoms with E-state index in [1.54, 1.807) is 0 Å². The maximum Gasteiger partial charge on any atom is 0.253 e. The second-order valence-electron chi connectivity index (χ2n) is 4.76. The largest absolute Gasteiger partial charge is 0.272 e. The first-order valence-electron chi connectivity index (χ1n) is 6.24. The van der Waals surface area contributed by atoms with Crippen LogP contribution >= 0.6 is 0 Å². The van der Waals surface area contributed by atoms with E-state index in [0.29, 0.717) is 11.8 Å². The van der Waals surface area contributed by atoms with Gasteiger partial charge in [-0.2, -0.15) is 0 Å². The van der Waals surface area contributed by atoms with Crippen molar-refractivity contribution in [3.8, 4) is 0 Å². The summed E-state index contributed by atoms with van der Waals surface area (Å²) < 4.78 is 0. The van der Waals surface area contributed by atoms with E-state index in [4.69, 9.17) is 0 Å². The summed E-state index contributed by atoms with van der Waals surface area (Å²) >= 11 is 0. The predicted octanol–water partition coefficient (Wildman–Crippen LogP) is 2.13. The van der Waals surface area contributed by atoms with Gasteiger partial charge in [-0.3, -0.25) is 14.5 Å². The summed E-state index contributed by atoms with van der Waals surface area (Å²) in [6.45, 7) is 4.35. The molecule has 0 N–H and O–H groups in total. The summed E-state index contributed by atoms with van der Waals surface area (Å²) in [5, 5.41) is 0. The lowest BCUT2D eigenvalue weighted by molar-refractivity contribution is -0.140. The minimum absolute atomic E-state index is 0.120. The Balaban J connectivity index is 2.16. The Morgan fingerprint density at radius 1 is 1.12 bits per heavy atom. The Hall–Kier alpha value is -1.12. The molecule has 16 heavy (non-hydrogen) atoms. The second kappa shape index (κ2) is 4.40. The molecule has 0 bridgehead atoms. The van der Waals surface area contributed by atoms with Crippen LogP contribution in [-0.2, 0) is 9.59 Å². The Morgan fingerprint density at radius 2 is 1.75 bits per heavy atom. The number of amides is 2. The fourth-order valence-corrected chi connectivity index (χ4v) is 3.30. The van der Waals surface area contributed by atoms with Crippen molar-refractivity contribution in [3.05, 3.63) is 12.2 Å². The third kappa shape index (κ3) is 1.68. The molecule has 0 unspecified atom stereocenters. The van der Waals surface area contributed by atoms with Crippen molar-refractivity contribution in [1.29, 1.82) is 0 Å². The maximum atomic E-state index is 11.6. The molecular formula is C13H19NO2. The zero-order valence-corrected chi connectivity index (χ0v) is 9.98. The highest BCUT2D eigenvalue weighted by Gasteiger charge is 2.42. The van der Waals surface area contributed by atoms with Gasteiger partial charge in [0.2, 0.25) is 0 Å². The van der Waals surface area contributed by atoms with Crippen LogP contribution in [0, 0.1) is 11.8 Å². The quantitative estimate of drug-likeness (QED) is 0.685. The molecule has 2 rings (SSSR count). The minimum atomic E-state index is -0.120. The fraction of sp³-hybridized carbons (Fsp3) is 0.692. The van der Waals surface area contributed by atoms with Gasteiger partial charge in [0.15, 0.2) is 0 Å². The van der Waals surface area contributed by atoms with Gasteiger partial charge in [0.1, 0.15) is 0 Å². The van der Waals surface area contributed by atoms with Gasteiger partial charge < -0.3 is 0 Å². The van der Waals surface area contributed by atoms with Crippen LogP contribution in [-0.4, -0.2) is 22.8 Å². The molecule has 0 aromatic heterocycles. The maximum absolute atomic E-state index is 11.6. The van der Waals surface area contributed by atoms with Crippen LogP contribution in [0.3, 0.4) is 0 Å². The average Bonchev–Trinajstić information content (AvgIpc) is 2.82. The lowest BCUT2D eigenvalue weighted by Gasteiger charge is -2.29. The van der Waals surface area contributed by atoms with Gasteiger partial charge in [0.25, 0.3) is 11.8 Å². The molecule has 2 aliphatic rings. The number of hydrogen-bond donors (Lipinski definition) is 0. The van der Waals surface area contributed by atoms with Crippen molar-refractivity contribution >= 4 is 11.8 Å². The fourth-order valence-electron chi connectivity index (χ4n) is 3.30. The molecule has 0 aromatic rings. The molecule has 1 aliphatic heterocycles. The number of imide groups is 1. The zero-order chi connectivity index (χ0) is 11.7. The normalized spacial score (nSPS) is 34.1. The van der Waals surface area contributed by atoms with E-state index in [1.807, 2.05) is 0 Å². The van der Waals surface area contributed by atoms with Crippen molar-refractivity contribution in [2.45, 2.75) is 45.6 Å². The van der Waals surface area contributed by atoms with Gasteiger partial charge in [0.05, 0.1) is 0 Å². The van der Waals surface area contributed by atoms with E-state index in [1.165, 1.54) is 17.1 Å². The molecule has 3 atom stereocenters. The zero-order valence-electron chi connectivity index (χ0n) is 9.98.